The normalized spacial score (nSPS) is 10.2. The van der Waals surface area contributed by atoms with Gasteiger partial charge in [-0.2, -0.15) is 0 Å². The summed E-state index contributed by atoms with van der Waals surface area (Å²) >= 11 is 1.31. The minimum absolute atomic E-state index is 0.224. The molecule has 2 aromatic carbocycles. The van der Waals surface area contributed by atoms with Crippen LogP contribution in [0.3, 0.4) is 0 Å². The van der Waals surface area contributed by atoms with E-state index >= 15 is 0 Å². The van der Waals surface area contributed by atoms with Crippen LogP contribution in [0.5, 0.6) is 11.5 Å². The van der Waals surface area contributed by atoms with Gasteiger partial charge in [0.25, 0.3) is 0 Å². The van der Waals surface area contributed by atoms with E-state index in [1.807, 2.05) is 30.3 Å². The Kier molecular flexibility index (Phi) is 6.60. The van der Waals surface area contributed by atoms with E-state index in [2.05, 4.69) is 0 Å². The Bertz CT molecular complexity index is 857. The molecule has 138 valence electrons. The van der Waals surface area contributed by atoms with Crippen molar-refractivity contribution in [1.29, 1.82) is 0 Å². The third kappa shape index (κ3) is 5.97. The number of thiophene rings is 1. The summed E-state index contributed by atoms with van der Waals surface area (Å²) in [7, 11) is 0. The van der Waals surface area contributed by atoms with Gasteiger partial charge >= 0.3 is 5.97 Å². The molecular weight excluding hydrogens is 364 g/mol. The number of rotatable bonds is 9. The number of carbonyl (C=O) groups is 2. The standard InChI is InChI=1S/C21H18O5S/c22-19(20-7-4-12-27-20)14-26-21(23)15-25-18-10-8-17(9-11-18)24-13-16-5-2-1-3-6-16/h1-12H,13-15H2. The van der Waals surface area contributed by atoms with Gasteiger partial charge in [-0.1, -0.05) is 36.4 Å². The Labute approximate surface area is 161 Å². The van der Waals surface area contributed by atoms with E-state index < -0.39 is 5.97 Å². The van der Waals surface area contributed by atoms with Crippen LogP contribution in [0.2, 0.25) is 0 Å². The Balaban J connectivity index is 1.39. The lowest BCUT2D eigenvalue weighted by Crippen LogP contribution is -2.19. The smallest absolute Gasteiger partial charge is 0.344 e. The van der Waals surface area contributed by atoms with Crippen LogP contribution < -0.4 is 9.47 Å². The zero-order chi connectivity index (χ0) is 18.9. The predicted octanol–water partition coefficient (Wildman–Crippen LogP) is 4.13. The molecule has 0 aliphatic heterocycles. The van der Waals surface area contributed by atoms with Gasteiger partial charge in [-0.05, 0) is 41.3 Å². The minimum atomic E-state index is -0.593. The van der Waals surface area contributed by atoms with Crippen molar-refractivity contribution in [2.75, 3.05) is 13.2 Å². The summed E-state index contributed by atoms with van der Waals surface area (Å²) in [4.78, 5) is 24.0. The van der Waals surface area contributed by atoms with Crippen LogP contribution in [0, 0.1) is 0 Å². The van der Waals surface area contributed by atoms with Gasteiger partial charge in [-0.15, -0.1) is 11.3 Å². The van der Waals surface area contributed by atoms with Crippen molar-refractivity contribution >= 4 is 23.1 Å². The van der Waals surface area contributed by atoms with Crippen LogP contribution in [0.4, 0.5) is 0 Å². The lowest BCUT2D eigenvalue weighted by atomic mass is 10.2. The SMILES string of the molecule is O=C(COc1ccc(OCc2ccccc2)cc1)OCC(=O)c1cccs1. The summed E-state index contributed by atoms with van der Waals surface area (Å²) in [5, 5.41) is 1.80. The fourth-order valence-corrected chi connectivity index (χ4v) is 2.86. The van der Waals surface area contributed by atoms with Crippen molar-refractivity contribution in [3.63, 3.8) is 0 Å². The topological polar surface area (TPSA) is 61.8 Å². The summed E-state index contributed by atoms with van der Waals surface area (Å²) in [6.07, 6.45) is 0. The van der Waals surface area contributed by atoms with Crippen molar-refractivity contribution in [3.8, 4) is 11.5 Å². The zero-order valence-corrected chi connectivity index (χ0v) is 15.3. The third-order valence-corrected chi connectivity index (χ3v) is 4.50. The number of hydrogen-bond donors (Lipinski definition) is 0. The van der Waals surface area contributed by atoms with Crippen LogP contribution in [0.25, 0.3) is 0 Å². The lowest BCUT2D eigenvalue weighted by Gasteiger charge is -2.09. The van der Waals surface area contributed by atoms with Gasteiger partial charge in [0.15, 0.2) is 13.2 Å². The molecule has 27 heavy (non-hydrogen) atoms. The molecule has 1 aromatic heterocycles. The first-order valence-corrected chi connectivity index (χ1v) is 9.20. The van der Waals surface area contributed by atoms with Crippen molar-refractivity contribution in [3.05, 3.63) is 82.6 Å². The minimum Gasteiger partial charge on any atom is -0.489 e. The molecule has 3 aromatic rings. The molecule has 0 N–H and O–H groups in total. The van der Waals surface area contributed by atoms with Gasteiger partial charge in [-0.25, -0.2) is 4.79 Å². The predicted molar refractivity (Wildman–Crippen MR) is 102 cm³/mol. The Hall–Kier alpha value is -3.12. The Morgan fingerprint density at radius 2 is 1.48 bits per heavy atom. The number of ether oxygens (including phenoxy) is 3. The van der Waals surface area contributed by atoms with Crippen LogP contribution in [0.15, 0.2) is 72.1 Å². The quantitative estimate of drug-likeness (QED) is 0.411. The van der Waals surface area contributed by atoms with Crippen molar-refractivity contribution in [1.82, 2.24) is 0 Å². The fourth-order valence-electron chi connectivity index (χ4n) is 2.21. The first kappa shape index (κ1) is 18.7. The molecule has 1 heterocycles. The molecular formula is C21H18O5S. The summed E-state index contributed by atoms with van der Waals surface area (Å²) in [6, 6.07) is 20.3. The summed E-state index contributed by atoms with van der Waals surface area (Å²) in [5.41, 5.74) is 1.08. The maximum Gasteiger partial charge on any atom is 0.344 e. The average Bonchev–Trinajstić information content (AvgIpc) is 3.25. The van der Waals surface area contributed by atoms with Gasteiger partial charge < -0.3 is 14.2 Å². The second-order valence-corrected chi connectivity index (χ2v) is 6.54. The fraction of sp³-hybridized carbons (Fsp3) is 0.143. The Morgan fingerprint density at radius 3 is 2.15 bits per heavy atom. The third-order valence-electron chi connectivity index (χ3n) is 3.59. The molecule has 0 amide bonds. The van der Waals surface area contributed by atoms with Crippen LogP contribution in [-0.4, -0.2) is 25.0 Å². The highest BCUT2D eigenvalue weighted by Gasteiger charge is 2.11. The van der Waals surface area contributed by atoms with Gasteiger partial charge in [0.2, 0.25) is 5.78 Å². The van der Waals surface area contributed by atoms with E-state index in [0.29, 0.717) is 23.0 Å². The van der Waals surface area contributed by atoms with Crippen molar-refractivity contribution in [2.45, 2.75) is 6.61 Å². The highest BCUT2D eigenvalue weighted by Crippen LogP contribution is 2.18. The highest BCUT2D eigenvalue weighted by molar-refractivity contribution is 7.12. The maximum absolute atomic E-state index is 11.8. The van der Waals surface area contributed by atoms with E-state index in [4.69, 9.17) is 14.2 Å². The molecule has 6 heteroatoms. The average molecular weight is 382 g/mol. The number of Topliss-reactive ketones (excluding diaryl/α,β-unsaturated/α-hetero) is 1. The molecule has 0 saturated heterocycles. The Morgan fingerprint density at radius 1 is 0.778 bits per heavy atom. The van der Waals surface area contributed by atoms with Gasteiger partial charge in [-0.3, -0.25) is 4.79 Å². The first-order valence-electron chi connectivity index (χ1n) is 8.32. The molecule has 0 spiro atoms. The summed E-state index contributed by atoms with van der Waals surface area (Å²) in [6.45, 7) is -0.0669. The maximum atomic E-state index is 11.8. The second-order valence-electron chi connectivity index (χ2n) is 5.60. The van der Waals surface area contributed by atoms with E-state index in [1.165, 1.54) is 11.3 Å². The van der Waals surface area contributed by atoms with Crippen LogP contribution in [-0.2, 0) is 16.1 Å². The van der Waals surface area contributed by atoms with E-state index in [0.717, 1.165) is 5.56 Å². The van der Waals surface area contributed by atoms with Gasteiger partial charge in [0.1, 0.15) is 18.1 Å². The van der Waals surface area contributed by atoms with Crippen LogP contribution in [0.1, 0.15) is 15.2 Å². The van der Waals surface area contributed by atoms with Gasteiger partial charge in [0.05, 0.1) is 4.88 Å². The second kappa shape index (κ2) is 9.54. The molecule has 0 fully saturated rings. The van der Waals surface area contributed by atoms with E-state index in [-0.39, 0.29) is 19.0 Å². The molecule has 0 atom stereocenters. The number of hydrogen-bond acceptors (Lipinski definition) is 6. The molecule has 0 aliphatic rings. The van der Waals surface area contributed by atoms with Crippen molar-refractivity contribution in [2.24, 2.45) is 0 Å². The van der Waals surface area contributed by atoms with Gasteiger partial charge in [0, 0.05) is 0 Å². The molecule has 0 aliphatic carbocycles. The number of carbonyl (C=O) groups excluding carboxylic acids is 2. The lowest BCUT2D eigenvalue weighted by molar-refractivity contribution is -0.144. The largest absolute Gasteiger partial charge is 0.489 e. The highest BCUT2D eigenvalue weighted by atomic mass is 32.1. The van der Waals surface area contributed by atoms with E-state index in [1.54, 1.807) is 41.8 Å². The number of esters is 1. The molecule has 0 radical (unpaired) electrons. The number of benzene rings is 2. The monoisotopic (exact) mass is 382 g/mol. The number of ketones is 1. The molecule has 0 unspecified atom stereocenters. The first-order chi connectivity index (χ1) is 13.2. The van der Waals surface area contributed by atoms with E-state index in [9.17, 15) is 9.59 Å². The summed E-state index contributed by atoms with van der Waals surface area (Å²) in [5.74, 6) is 0.404. The molecule has 0 bridgehead atoms. The molecule has 5 nitrogen and oxygen atoms in total. The molecule has 3 rings (SSSR count). The summed E-state index contributed by atoms with van der Waals surface area (Å²) < 4.78 is 16.0. The van der Waals surface area contributed by atoms with Crippen LogP contribution >= 0.6 is 11.3 Å². The van der Waals surface area contributed by atoms with Crippen molar-refractivity contribution < 1.29 is 23.8 Å². The molecule has 0 saturated carbocycles. The zero-order valence-electron chi connectivity index (χ0n) is 14.5.